The lowest BCUT2D eigenvalue weighted by molar-refractivity contribution is 0.332. The lowest BCUT2D eigenvalue weighted by Gasteiger charge is -2.11. The first-order chi connectivity index (χ1) is 9.16. The molecule has 0 radical (unpaired) electrons. The van der Waals surface area contributed by atoms with Crippen LogP contribution in [0.2, 0.25) is 5.02 Å². The molecule has 0 unspecified atom stereocenters. The minimum absolute atomic E-state index is 0.600. The molecule has 0 aliphatic heterocycles. The molecule has 4 heteroatoms. The summed E-state index contributed by atoms with van der Waals surface area (Å²) in [6.45, 7) is 3.33. The number of anilines is 1. The number of halogens is 2. The Morgan fingerprint density at radius 1 is 1.21 bits per heavy atom. The van der Waals surface area contributed by atoms with Gasteiger partial charge in [0, 0.05) is 21.7 Å². The summed E-state index contributed by atoms with van der Waals surface area (Å²) in [5.41, 5.74) is 2.11. The summed E-state index contributed by atoms with van der Waals surface area (Å²) in [4.78, 5) is 0. The van der Waals surface area contributed by atoms with Crippen LogP contribution >= 0.6 is 27.5 Å². The molecule has 19 heavy (non-hydrogen) atoms. The van der Waals surface area contributed by atoms with Gasteiger partial charge >= 0.3 is 0 Å². The molecule has 0 saturated carbocycles. The van der Waals surface area contributed by atoms with Crippen LogP contribution in [-0.4, -0.2) is 13.2 Å². The highest BCUT2D eigenvalue weighted by Gasteiger charge is 2.01. The lowest BCUT2D eigenvalue weighted by Crippen LogP contribution is -2.12. The zero-order valence-corrected chi connectivity index (χ0v) is 13.0. The first kappa shape index (κ1) is 14.2. The fourth-order valence-corrected chi connectivity index (χ4v) is 2.26. The van der Waals surface area contributed by atoms with Crippen LogP contribution < -0.4 is 10.1 Å². The van der Waals surface area contributed by atoms with Crippen LogP contribution in [-0.2, 0) is 0 Å². The molecule has 2 aromatic rings. The van der Waals surface area contributed by atoms with Crippen molar-refractivity contribution in [2.45, 2.75) is 6.92 Å². The molecule has 0 fully saturated rings. The molecule has 2 nitrogen and oxygen atoms in total. The van der Waals surface area contributed by atoms with Gasteiger partial charge in [0.15, 0.2) is 0 Å². The largest absolute Gasteiger partial charge is 0.492 e. The smallest absolute Gasteiger partial charge is 0.120 e. The maximum atomic E-state index is 6.06. The Morgan fingerprint density at radius 2 is 2.00 bits per heavy atom. The van der Waals surface area contributed by atoms with Gasteiger partial charge in [0.25, 0.3) is 0 Å². The van der Waals surface area contributed by atoms with Crippen LogP contribution in [0.3, 0.4) is 0 Å². The summed E-state index contributed by atoms with van der Waals surface area (Å²) >= 11 is 9.48. The number of rotatable bonds is 5. The van der Waals surface area contributed by atoms with E-state index in [0.717, 1.165) is 33.0 Å². The molecule has 2 aromatic carbocycles. The van der Waals surface area contributed by atoms with E-state index in [-0.39, 0.29) is 0 Å². The van der Waals surface area contributed by atoms with E-state index in [4.69, 9.17) is 16.3 Å². The van der Waals surface area contributed by atoms with Crippen molar-refractivity contribution in [3.63, 3.8) is 0 Å². The molecule has 100 valence electrons. The van der Waals surface area contributed by atoms with Gasteiger partial charge in [-0.3, -0.25) is 0 Å². The molecule has 0 saturated heterocycles. The van der Waals surface area contributed by atoms with Gasteiger partial charge < -0.3 is 10.1 Å². The number of ether oxygens (including phenoxy) is 1. The average Bonchev–Trinajstić information content (AvgIpc) is 2.39. The summed E-state index contributed by atoms with van der Waals surface area (Å²) in [7, 11) is 0. The molecule has 0 atom stereocenters. The standard InChI is InChI=1S/C15H15BrClNO/c1-11-14(17)6-3-7-15(11)18-8-9-19-13-5-2-4-12(16)10-13/h2-7,10,18H,8-9H2,1H3. The van der Waals surface area contributed by atoms with Crippen LogP contribution in [0, 0.1) is 6.92 Å². The Balaban J connectivity index is 1.82. The zero-order chi connectivity index (χ0) is 13.7. The van der Waals surface area contributed by atoms with Crippen molar-refractivity contribution in [2.75, 3.05) is 18.5 Å². The predicted molar refractivity (Wildman–Crippen MR) is 84.3 cm³/mol. The summed E-state index contributed by atoms with van der Waals surface area (Å²) in [6, 6.07) is 13.7. The fraction of sp³-hybridized carbons (Fsp3) is 0.200. The Morgan fingerprint density at radius 3 is 2.79 bits per heavy atom. The number of hydrogen-bond acceptors (Lipinski definition) is 2. The minimum Gasteiger partial charge on any atom is -0.492 e. The van der Waals surface area contributed by atoms with E-state index in [1.54, 1.807) is 0 Å². The van der Waals surface area contributed by atoms with E-state index in [1.165, 1.54) is 0 Å². The molecular weight excluding hydrogens is 326 g/mol. The van der Waals surface area contributed by atoms with E-state index in [9.17, 15) is 0 Å². The maximum Gasteiger partial charge on any atom is 0.120 e. The fourth-order valence-electron chi connectivity index (χ4n) is 1.71. The molecule has 0 aliphatic carbocycles. The third-order valence-electron chi connectivity index (χ3n) is 2.75. The van der Waals surface area contributed by atoms with Gasteiger partial charge in [-0.1, -0.05) is 39.7 Å². The van der Waals surface area contributed by atoms with E-state index < -0.39 is 0 Å². The van der Waals surface area contributed by atoms with Crippen LogP contribution in [0.15, 0.2) is 46.9 Å². The molecule has 0 amide bonds. The second-order valence-electron chi connectivity index (χ2n) is 4.15. The third-order valence-corrected chi connectivity index (χ3v) is 3.65. The Hall–Kier alpha value is -1.19. The van der Waals surface area contributed by atoms with Crippen molar-refractivity contribution < 1.29 is 4.74 Å². The molecular formula is C15H15BrClNO. The van der Waals surface area contributed by atoms with Gasteiger partial charge in [-0.15, -0.1) is 0 Å². The predicted octanol–water partition coefficient (Wildman–Crippen LogP) is 4.90. The lowest BCUT2D eigenvalue weighted by atomic mass is 10.2. The first-order valence-corrected chi connectivity index (χ1v) is 7.21. The number of benzene rings is 2. The molecule has 0 aliphatic rings. The average molecular weight is 341 g/mol. The normalized spacial score (nSPS) is 10.3. The van der Waals surface area contributed by atoms with Crippen molar-refractivity contribution >= 4 is 33.2 Å². The van der Waals surface area contributed by atoms with Crippen molar-refractivity contribution in [1.29, 1.82) is 0 Å². The van der Waals surface area contributed by atoms with Crippen molar-refractivity contribution in [3.8, 4) is 5.75 Å². The topological polar surface area (TPSA) is 21.3 Å². The zero-order valence-electron chi connectivity index (χ0n) is 10.6. The van der Waals surface area contributed by atoms with Crippen LogP contribution in [0.5, 0.6) is 5.75 Å². The molecule has 0 aromatic heterocycles. The van der Waals surface area contributed by atoms with E-state index in [1.807, 2.05) is 49.4 Å². The summed E-state index contributed by atoms with van der Waals surface area (Å²) in [5.74, 6) is 0.860. The second kappa shape index (κ2) is 6.83. The Bertz CT molecular complexity index is 560. The van der Waals surface area contributed by atoms with Gasteiger partial charge in [0.2, 0.25) is 0 Å². The van der Waals surface area contributed by atoms with E-state index in [2.05, 4.69) is 21.2 Å². The van der Waals surface area contributed by atoms with Crippen LogP contribution in [0.1, 0.15) is 5.56 Å². The maximum absolute atomic E-state index is 6.06. The summed E-state index contributed by atoms with van der Waals surface area (Å²) < 4.78 is 6.67. The monoisotopic (exact) mass is 339 g/mol. The minimum atomic E-state index is 0.600. The Labute approximate surface area is 126 Å². The van der Waals surface area contributed by atoms with Crippen molar-refractivity contribution in [3.05, 3.63) is 57.5 Å². The van der Waals surface area contributed by atoms with Gasteiger partial charge in [-0.2, -0.15) is 0 Å². The van der Waals surface area contributed by atoms with Crippen molar-refractivity contribution in [2.24, 2.45) is 0 Å². The Kier molecular flexibility index (Phi) is 5.11. The van der Waals surface area contributed by atoms with Gasteiger partial charge in [-0.25, -0.2) is 0 Å². The molecule has 2 rings (SSSR count). The first-order valence-electron chi connectivity index (χ1n) is 6.04. The van der Waals surface area contributed by atoms with E-state index >= 15 is 0 Å². The quantitative estimate of drug-likeness (QED) is 0.782. The SMILES string of the molecule is Cc1c(Cl)cccc1NCCOc1cccc(Br)c1. The molecule has 1 N–H and O–H groups in total. The molecule has 0 heterocycles. The molecule has 0 spiro atoms. The van der Waals surface area contributed by atoms with E-state index in [0.29, 0.717) is 6.61 Å². The summed E-state index contributed by atoms with van der Waals surface area (Å²) in [5, 5.41) is 4.09. The van der Waals surface area contributed by atoms with Crippen LogP contribution in [0.25, 0.3) is 0 Å². The van der Waals surface area contributed by atoms with Gasteiger partial charge in [0.05, 0.1) is 0 Å². The highest BCUT2D eigenvalue weighted by molar-refractivity contribution is 9.10. The second-order valence-corrected chi connectivity index (χ2v) is 5.47. The van der Waals surface area contributed by atoms with Gasteiger partial charge in [-0.05, 0) is 42.8 Å². The van der Waals surface area contributed by atoms with Gasteiger partial charge in [0.1, 0.15) is 12.4 Å². The van der Waals surface area contributed by atoms with Crippen LogP contribution in [0.4, 0.5) is 5.69 Å². The van der Waals surface area contributed by atoms with Crippen molar-refractivity contribution in [1.82, 2.24) is 0 Å². The number of hydrogen-bond donors (Lipinski definition) is 1. The summed E-state index contributed by atoms with van der Waals surface area (Å²) in [6.07, 6.45) is 0. The highest BCUT2D eigenvalue weighted by Crippen LogP contribution is 2.22. The number of nitrogens with one attached hydrogen (secondary N) is 1. The molecule has 0 bridgehead atoms. The third kappa shape index (κ3) is 4.15. The highest BCUT2D eigenvalue weighted by atomic mass is 79.9.